The standard InChI is InChI=1S/C18H30N2O3Si/c1-18(2,3)24(5,6)23-15-9-11-20(12-10-15)14-7-8-16(19-13-14)17(21)22-4/h7-8,13,15H,9-12H2,1-6H3/q-1. The van der Waals surface area contributed by atoms with Crippen LogP contribution >= 0.6 is 0 Å². The Morgan fingerprint density at radius 2 is 1.88 bits per heavy atom. The van der Waals surface area contributed by atoms with Crippen molar-refractivity contribution in [3.63, 3.8) is 0 Å². The third kappa shape index (κ3) is 4.36. The highest BCUT2D eigenvalue weighted by Crippen LogP contribution is 2.38. The maximum absolute atomic E-state index is 11.4. The molecule has 1 aliphatic heterocycles. The highest BCUT2D eigenvalue weighted by molar-refractivity contribution is 6.74. The Kier molecular flexibility index (Phi) is 5.70. The predicted octanol–water partition coefficient (Wildman–Crippen LogP) is 3.86. The monoisotopic (exact) mass is 350 g/mol. The Morgan fingerprint density at radius 3 is 2.33 bits per heavy atom. The summed E-state index contributed by atoms with van der Waals surface area (Å²) >= 11 is 0. The molecule has 6 heteroatoms. The molecule has 0 amide bonds. The van der Waals surface area contributed by atoms with Crippen LogP contribution in [0.15, 0.2) is 18.3 Å². The summed E-state index contributed by atoms with van der Waals surface area (Å²) in [6.07, 6.45) is 4.17. The molecule has 1 fully saturated rings. The normalized spacial score (nSPS) is 17.0. The van der Waals surface area contributed by atoms with Crippen molar-refractivity contribution in [1.82, 2.24) is 4.98 Å². The Balaban J connectivity index is 1.92. The van der Waals surface area contributed by atoms with Crippen molar-refractivity contribution in [1.29, 1.82) is 0 Å². The van der Waals surface area contributed by atoms with Crippen LogP contribution in [0, 0.1) is 0 Å². The molecule has 1 aromatic rings. The molecule has 0 N–H and O–H groups in total. The molecular weight excluding hydrogens is 320 g/mol. The lowest BCUT2D eigenvalue weighted by Crippen LogP contribution is -2.47. The zero-order chi connectivity index (χ0) is 18.0. The lowest BCUT2D eigenvalue weighted by Gasteiger charge is -2.52. The fraction of sp³-hybridized carbons (Fsp3) is 0.667. The Labute approximate surface area is 146 Å². The number of rotatable bonds is 4. The SMILES string of the molecule is COC(=O)c1ccc(N2CCC(O[Si-](C)(C)C(C)(C)C)CC2)cn1. The second kappa shape index (κ2) is 7.23. The summed E-state index contributed by atoms with van der Waals surface area (Å²) < 4.78 is 11.2. The van der Waals surface area contributed by atoms with Gasteiger partial charge in [0.1, 0.15) is 5.69 Å². The van der Waals surface area contributed by atoms with E-state index in [-0.39, 0.29) is 5.04 Å². The fourth-order valence-electron chi connectivity index (χ4n) is 2.62. The summed E-state index contributed by atoms with van der Waals surface area (Å²) in [7, 11) is -0.334. The molecule has 1 aromatic heterocycles. The van der Waals surface area contributed by atoms with Crippen LogP contribution < -0.4 is 4.90 Å². The molecule has 0 spiro atoms. The second-order valence-electron chi connectivity index (χ2n) is 7.96. The van der Waals surface area contributed by atoms with Crippen LogP contribution in [0.1, 0.15) is 44.1 Å². The van der Waals surface area contributed by atoms with Crippen LogP contribution in [-0.4, -0.2) is 45.6 Å². The zero-order valence-corrected chi connectivity index (χ0v) is 16.8. The first kappa shape index (κ1) is 18.9. The summed E-state index contributed by atoms with van der Waals surface area (Å²) in [4.78, 5) is 17.9. The minimum atomic E-state index is -1.70. The summed E-state index contributed by atoms with van der Waals surface area (Å²) in [6.45, 7) is 13.4. The second-order valence-corrected chi connectivity index (χ2v) is 12.7. The van der Waals surface area contributed by atoms with E-state index in [1.807, 2.05) is 6.07 Å². The van der Waals surface area contributed by atoms with Crippen molar-refractivity contribution in [3.8, 4) is 0 Å². The van der Waals surface area contributed by atoms with Gasteiger partial charge in [0, 0.05) is 19.2 Å². The lowest BCUT2D eigenvalue weighted by atomic mass is 10.1. The number of piperidine rings is 1. The van der Waals surface area contributed by atoms with Crippen molar-refractivity contribution < 1.29 is 14.0 Å². The van der Waals surface area contributed by atoms with E-state index in [9.17, 15) is 4.79 Å². The molecule has 2 rings (SSSR count). The van der Waals surface area contributed by atoms with Gasteiger partial charge in [-0.1, -0.05) is 20.8 Å². The Hall–Kier alpha value is -1.40. The number of anilines is 1. The zero-order valence-electron chi connectivity index (χ0n) is 15.8. The van der Waals surface area contributed by atoms with Gasteiger partial charge in [-0.05, 0) is 33.3 Å². The maximum Gasteiger partial charge on any atom is 0.356 e. The minimum absolute atomic E-state index is 0.248. The molecule has 135 valence electrons. The lowest BCUT2D eigenvalue weighted by molar-refractivity contribution is 0.0594. The Bertz CT molecular complexity index is 559. The van der Waals surface area contributed by atoms with Crippen LogP contribution in [0.3, 0.4) is 0 Å². The van der Waals surface area contributed by atoms with Gasteiger partial charge in [-0.3, -0.25) is 0 Å². The molecule has 0 atom stereocenters. The van der Waals surface area contributed by atoms with Gasteiger partial charge in [-0.15, -0.1) is 18.1 Å². The minimum Gasteiger partial charge on any atom is -0.562 e. The fourth-order valence-corrected chi connectivity index (χ4v) is 4.05. The molecule has 0 unspecified atom stereocenters. The predicted molar refractivity (Wildman–Crippen MR) is 99.1 cm³/mol. The van der Waals surface area contributed by atoms with Gasteiger partial charge in [-0.25, -0.2) is 9.78 Å². The first-order valence-electron chi connectivity index (χ1n) is 8.61. The molecule has 0 saturated carbocycles. The first-order valence-corrected chi connectivity index (χ1v) is 11.5. The molecule has 2 heterocycles. The average Bonchev–Trinajstić information content (AvgIpc) is 2.53. The van der Waals surface area contributed by atoms with E-state index >= 15 is 0 Å². The molecule has 5 nitrogen and oxygen atoms in total. The molecule has 1 saturated heterocycles. The molecule has 0 radical (unpaired) electrons. The van der Waals surface area contributed by atoms with E-state index in [0.29, 0.717) is 11.8 Å². The Morgan fingerprint density at radius 1 is 1.25 bits per heavy atom. The molecule has 1 aliphatic rings. The van der Waals surface area contributed by atoms with Gasteiger partial charge in [0.2, 0.25) is 0 Å². The number of esters is 1. The number of carbonyl (C=O) groups is 1. The molecule has 0 aromatic carbocycles. The van der Waals surface area contributed by atoms with E-state index in [4.69, 9.17) is 4.43 Å². The highest BCUT2D eigenvalue weighted by atomic mass is 28.4. The number of ether oxygens (including phenoxy) is 1. The van der Waals surface area contributed by atoms with Gasteiger partial charge in [0.15, 0.2) is 0 Å². The smallest absolute Gasteiger partial charge is 0.356 e. The first-order chi connectivity index (χ1) is 11.1. The van der Waals surface area contributed by atoms with Crippen LogP contribution in [-0.2, 0) is 9.16 Å². The highest BCUT2D eigenvalue weighted by Gasteiger charge is 2.29. The number of carbonyl (C=O) groups excluding carboxylic acids is 1. The van der Waals surface area contributed by atoms with Crippen LogP contribution in [0.5, 0.6) is 0 Å². The number of hydrogen-bond acceptors (Lipinski definition) is 5. The third-order valence-corrected chi connectivity index (χ3v) is 9.75. The van der Waals surface area contributed by atoms with Gasteiger partial charge >= 0.3 is 5.97 Å². The summed E-state index contributed by atoms with van der Waals surface area (Å²) in [5, 5.41) is 0.248. The number of hydrogen-bond donors (Lipinski definition) is 0. The maximum atomic E-state index is 11.4. The van der Waals surface area contributed by atoms with Crippen molar-refractivity contribution in [2.75, 3.05) is 25.1 Å². The molecular formula is C18H30N2O3Si-. The van der Waals surface area contributed by atoms with E-state index in [0.717, 1.165) is 31.6 Å². The topological polar surface area (TPSA) is 51.7 Å². The van der Waals surface area contributed by atoms with E-state index in [2.05, 4.69) is 48.5 Å². The average molecular weight is 351 g/mol. The van der Waals surface area contributed by atoms with E-state index in [1.165, 1.54) is 7.11 Å². The van der Waals surface area contributed by atoms with Crippen molar-refractivity contribution in [2.24, 2.45) is 0 Å². The number of pyridine rings is 1. The van der Waals surface area contributed by atoms with Crippen LogP contribution in [0.2, 0.25) is 18.1 Å². The van der Waals surface area contributed by atoms with Crippen LogP contribution in [0.4, 0.5) is 5.69 Å². The van der Waals surface area contributed by atoms with Crippen molar-refractivity contribution >= 4 is 20.0 Å². The van der Waals surface area contributed by atoms with Gasteiger partial charge in [-0.2, -0.15) is 0 Å². The van der Waals surface area contributed by atoms with Gasteiger partial charge < -0.3 is 14.1 Å². The van der Waals surface area contributed by atoms with Crippen molar-refractivity contribution in [2.45, 2.75) is 57.8 Å². The summed E-state index contributed by atoms with van der Waals surface area (Å²) in [5.74, 6) is -0.400. The van der Waals surface area contributed by atoms with Crippen molar-refractivity contribution in [3.05, 3.63) is 24.0 Å². The third-order valence-electron chi connectivity index (χ3n) is 5.22. The number of nitrogens with zero attached hydrogens (tertiary/aromatic N) is 2. The van der Waals surface area contributed by atoms with E-state index < -0.39 is 14.3 Å². The number of aromatic nitrogens is 1. The quantitative estimate of drug-likeness (QED) is 0.610. The molecule has 24 heavy (non-hydrogen) atoms. The van der Waals surface area contributed by atoms with Gasteiger partial charge in [0.25, 0.3) is 0 Å². The summed E-state index contributed by atoms with van der Waals surface area (Å²) in [5.41, 5.74) is 1.39. The van der Waals surface area contributed by atoms with E-state index in [1.54, 1.807) is 12.3 Å². The molecule has 0 aliphatic carbocycles. The molecule has 0 bridgehead atoms. The largest absolute Gasteiger partial charge is 0.562 e. The van der Waals surface area contributed by atoms with Crippen LogP contribution in [0.25, 0.3) is 0 Å². The number of methoxy groups -OCH3 is 1. The van der Waals surface area contributed by atoms with Gasteiger partial charge in [0.05, 0.1) is 19.0 Å². The summed E-state index contributed by atoms with van der Waals surface area (Å²) in [6, 6.07) is 3.66.